The Morgan fingerprint density at radius 3 is 2.81 bits per heavy atom. The minimum absolute atomic E-state index is 0.181. The molecule has 84 valence electrons. The number of amides is 2. The predicted molar refractivity (Wildman–Crippen MR) is 59.9 cm³/mol. The highest BCUT2D eigenvalue weighted by Gasteiger charge is 2.36. The van der Waals surface area contributed by atoms with Gasteiger partial charge in [-0.25, -0.2) is 0 Å². The van der Waals surface area contributed by atoms with Crippen LogP contribution in [0, 0.1) is 0 Å². The van der Waals surface area contributed by atoms with E-state index in [-0.39, 0.29) is 12.5 Å². The predicted octanol–water partition coefficient (Wildman–Crippen LogP) is 0.172. The summed E-state index contributed by atoms with van der Waals surface area (Å²) in [6.07, 6.45) is 0. The normalized spacial score (nSPS) is 18.8. The molecule has 1 aliphatic rings. The number of benzene rings is 1. The van der Waals surface area contributed by atoms with Crippen LogP contribution in [0.15, 0.2) is 18.2 Å². The van der Waals surface area contributed by atoms with Crippen molar-refractivity contribution in [2.75, 3.05) is 11.4 Å². The van der Waals surface area contributed by atoms with E-state index < -0.39 is 11.9 Å². The molecule has 4 N–H and O–H groups in total. The van der Waals surface area contributed by atoms with E-state index in [0.717, 1.165) is 0 Å². The summed E-state index contributed by atoms with van der Waals surface area (Å²) in [5, 5.41) is 0.422. The number of rotatable bonds is 2. The number of hydrogen-bond acceptors (Lipinski definition) is 3. The first-order chi connectivity index (χ1) is 7.52. The monoisotopic (exact) mass is 239 g/mol. The van der Waals surface area contributed by atoms with Crippen LogP contribution in [0.2, 0.25) is 5.02 Å². The third-order valence-corrected chi connectivity index (χ3v) is 2.81. The molecular formula is C10H10ClN3O2. The van der Waals surface area contributed by atoms with E-state index >= 15 is 0 Å². The Hall–Kier alpha value is -1.59. The van der Waals surface area contributed by atoms with E-state index in [2.05, 4.69) is 0 Å². The van der Waals surface area contributed by atoms with Gasteiger partial charge < -0.3 is 16.4 Å². The van der Waals surface area contributed by atoms with Crippen molar-refractivity contribution in [3.63, 3.8) is 0 Å². The van der Waals surface area contributed by atoms with Gasteiger partial charge in [-0.3, -0.25) is 9.59 Å². The highest BCUT2D eigenvalue weighted by Crippen LogP contribution is 2.38. The van der Waals surface area contributed by atoms with E-state index in [1.54, 1.807) is 18.2 Å². The Balaban J connectivity index is 2.50. The second-order valence-corrected chi connectivity index (χ2v) is 3.95. The fourth-order valence-electron chi connectivity index (χ4n) is 1.80. The zero-order chi connectivity index (χ0) is 11.9. The number of carbonyl (C=O) groups excluding carboxylic acids is 2. The van der Waals surface area contributed by atoms with E-state index in [4.69, 9.17) is 23.1 Å². The number of halogens is 1. The molecule has 2 rings (SSSR count). The number of carbonyl (C=O) groups is 2. The molecule has 2 amide bonds. The van der Waals surface area contributed by atoms with Crippen LogP contribution >= 0.6 is 11.6 Å². The third-order valence-electron chi connectivity index (χ3n) is 2.48. The fourth-order valence-corrected chi connectivity index (χ4v) is 2.09. The molecule has 0 aliphatic carbocycles. The lowest BCUT2D eigenvalue weighted by Crippen LogP contribution is -2.38. The minimum Gasteiger partial charge on any atom is -0.368 e. The van der Waals surface area contributed by atoms with Crippen LogP contribution in [0.1, 0.15) is 11.6 Å². The number of fused-ring (bicyclic) bond motifs is 1. The lowest BCUT2D eigenvalue weighted by atomic mass is 10.1. The van der Waals surface area contributed by atoms with Crippen molar-refractivity contribution in [2.45, 2.75) is 6.04 Å². The zero-order valence-electron chi connectivity index (χ0n) is 8.31. The maximum absolute atomic E-state index is 11.8. The summed E-state index contributed by atoms with van der Waals surface area (Å²) in [6.45, 7) is -0.181. The second kappa shape index (κ2) is 3.77. The van der Waals surface area contributed by atoms with E-state index in [9.17, 15) is 9.59 Å². The van der Waals surface area contributed by atoms with Gasteiger partial charge in [-0.15, -0.1) is 0 Å². The molecule has 0 fully saturated rings. The first-order valence-corrected chi connectivity index (χ1v) is 5.04. The molecule has 0 saturated heterocycles. The molecule has 1 aliphatic heterocycles. The molecule has 0 radical (unpaired) electrons. The quantitative estimate of drug-likeness (QED) is 0.771. The lowest BCUT2D eigenvalue weighted by Gasteiger charge is -2.14. The first-order valence-electron chi connectivity index (χ1n) is 4.66. The molecule has 5 nitrogen and oxygen atoms in total. The van der Waals surface area contributed by atoms with E-state index in [1.165, 1.54) is 4.90 Å². The molecule has 1 atom stereocenters. The fraction of sp³-hybridized carbons (Fsp3) is 0.200. The van der Waals surface area contributed by atoms with Gasteiger partial charge in [0, 0.05) is 10.6 Å². The Morgan fingerprint density at radius 1 is 1.50 bits per heavy atom. The van der Waals surface area contributed by atoms with Gasteiger partial charge in [0.1, 0.15) is 12.6 Å². The largest absolute Gasteiger partial charge is 0.368 e. The molecule has 16 heavy (non-hydrogen) atoms. The van der Waals surface area contributed by atoms with Gasteiger partial charge in [0.25, 0.3) is 0 Å². The number of anilines is 1. The molecule has 0 bridgehead atoms. The number of primary amides is 1. The van der Waals surface area contributed by atoms with Gasteiger partial charge in [-0.2, -0.15) is 0 Å². The average Bonchev–Trinajstić information content (AvgIpc) is 2.44. The van der Waals surface area contributed by atoms with E-state index in [0.29, 0.717) is 16.3 Å². The zero-order valence-corrected chi connectivity index (χ0v) is 9.07. The summed E-state index contributed by atoms with van der Waals surface area (Å²) >= 11 is 5.96. The molecular weight excluding hydrogens is 230 g/mol. The number of hydrogen-bond donors (Lipinski definition) is 2. The van der Waals surface area contributed by atoms with Gasteiger partial charge >= 0.3 is 0 Å². The van der Waals surface area contributed by atoms with Crippen LogP contribution in [-0.4, -0.2) is 18.4 Å². The van der Waals surface area contributed by atoms with Gasteiger partial charge in [-0.05, 0) is 12.1 Å². The van der Waals surface area contributed by atoms with Crippen LogP contribution in [0.4, 0.5) is 5.69 Å². The van der Waals surface area contributed by atoms with Crippen LogP contribution in [0.5, 0.6) is 0 Å². The van der Waals surface area contributed by atoms with Crippen molar-refractivity contribution in [2.24, 2.45) is 11.5 Å². The Kier molecular flexibility index (Phi) is 2.57. The maximum atomic E-state index is 11.8. The van der Waals surface area contributed by atoms with Crippen LogP contribution in [-0.2, 0) is 9.59 Å². The smallest absolute Gasteiger partial charge is 0.249 e. The Bertz CT molecular complexity index is 475. The Labute approximate surface area is 97.0 Å². The second-order valence-electron chi connectivity index (χ2n) is 3.54. The van der Waals surface area contributed by atoms with Gasteiger partial charge in [0.05, 0.1) is 5.69 Å². The molecule has 1 aromatic carbocycles. The standard InChI is InChI=1S/C10H10ClN3O2/c11-5-2-1-3-6-8(5)9(13)10(16)14(6)4-7(12)15/h1-3,9H,4,13H2,(H2,12,15). The highest BCUT2D eigenvalue weighted by atomic mass is 35.5. The topological polar surface area (TPSA) is 89.4 Å². The Morgan fingerprint density at radius 2 is 2.19 bits per heavy atom. The molecule has 0 aromatic heterocycles. The van der Waals surface area contributed by atoms with Gasteiger partial charge in [0.2, 0.25) is 11.8 Å². The summed E-state index contributed by atoms with van der Waals surface area (Å²) in [4.78, 5) is 23.9. The van der Waals surface area contributed by atoms with Crippen molar-refractivity contribution in [1.82, 2.24) is 0 Å². The van der Waals surface area contributed by atoms with Crippen LogP contribution < -0.4 is 16.4 Å². The molecule has 1 unspecified atom stereocenters. The lowest BCUT2D eigenvalue weighted by molar-refractivity contribution is -0.122. The van der Waals surface area contributed by atoms with Gasteiger partial charge in [0.15, 0.2) is 0 Å². The van der Waals surface area contributed by atoms with Crippen molar-refractivity contribution in [3.05, 3.63) is 28.8 Å². The van der Waals surface area contributed by atoms with E-state index in [1.807, 2.05) is 0 Å². The molecule has 0 saturated carbocycles. The summed E-state index contributed by atoms with van der Waals surface area (Å²) in [5.74, 6) is -0.949. The van der Waals surface area contributed by atoms with Crippen LogP contribution in [0.25, 0.3) is 0 Å². The van der Waals surface area contributed by atoms with Crippen molar-refractivity contribution in [1.29, 1.82) is 0 Å². The summed E-state index contributed by atoms with van der Waals surface area (Å²) in [7, 11) is 0. The van der Waals surface area contributed by atoms with Crippen molar-refractivity contribution in [3.8, 4) is 0 Å². The summed E-state index contributed by atoms with van der Waals surface area (Å²) in [6, 6.07) is 4.22. The summed E-state index contributed by atoms with van der Waals surface area (Å²) in [5.41, 5.74) is 11.9. The average molecular weight is 240 g/mol. The SMILES string of the molecule is NC(=O)CN1C(=O)C(N)c2c(Cl)cccc21. The number of nitrogens with two attached hydrogens (primary N) is 2. The van der Waals surface area contributed by atoms with Gasteiger partial charge in [-0.1, -0.05) is 17.7 Å². The van der Waals surface area contributed by atoms with Crippen molar-refractivity contribution >= 4 is 29.1 Å². The highest BCUT2D eigenvalue weighted by molar-refractivity contribution is 6.33. The van der Waals surface area contributed by atoms with Crippen molar-refractivity contribution < 1.29 is 9.59 Å². The molecule has 6 heteroatoms. The molecule has 0 spiro atoms. The number of nitrogens with zero attached hydrogens (tertiary/aromatic N) is 1. The van der Waals surface area contributed by atoms with Crippen LogP contribution in [0.3, 0.4) is 0 Å². The summed E-state index contributed by atoms with van der Waals surface area (Å²) < 4.78 is 0. The first kappa shape index (κ1) is 10.9. The molecule has 1 aromatic rings. The molecule has 1 heterocycles. The maximum Gasteiger partial charge on any atom is 0.249 e. The third kappa shape index (κ3) is 1.54. The minimum atomic E-state index is -0.817.